The third-order valence-corrected chi connectivity index (χ3v) is 7.25. The van der Waals surface area contributed by atoms with E-state index < -0.39 is 5.56 Å². The number of hydrogen-bond donors (Lipinski definition) is 0. The lowest BCUT2D eigenvalue weighted by Crippen LogP contribution is -2.49. The standard InChI is InChI=1S/C22H25FN6O2S/c1-15-6-8-28(9-7-15)22-25-29-18(14-19(30)24-21(29)32-22)20(31)27-12-10-26(11-13-27)17-5-3-2-4-16(17)23/h2-5,14-15H,6-13H2,1H3. The van der Waals surface area contributed by atoms with E-state index in [1.807, 2.05) is 4.90 Å². The molecule has 32 heavy (non-hydrogen) atoms. The number of piperazine rings is 1. The third kappa shape index (κ3) is 3.94. The summed E-state index contributed by atoms with van der Waals surface area (Å²) in [6, 6.07) is 7.92. The van der Waals surface area contributed by atoms with Crippen molar-refractivity contribution in [1.82, 2.24) is 19.5 Å². The lowest BCUT2D eigenvalue weighted by atomic mass is 10.00. The highest BCUT2D eigenvalue weighted by Gasteiger charge is 2.27. The smallest absolute Gasteiger partial charge is 0.274 e. The minimum Gasteiger partial charge on any atom is -0.366 e. The van der Waals surface area contributed by atoms with Gasteiger partial charge in [-0.2, -0.15) is 9.50 Å². The van der Waals surface area contributed by atoms with Crippen molar-refractivity contribution in [3.63, 3.8) is 0 Å². The van der Waals surface area contributed by atoms with Gasteiger partial charge in [-0.15, -0.1) is 5.10 Å². The van der Waals surface area contributed by atoms with Crippen LogP contribution in [0, 0.1) is 11.7 Å². The predicted molar refractivity (Wildman–Crippen MR) is 122 cm³/mol. The highest BCUT2D eigenvalue weighted by Crippen LogP contribution is 2.27. The Morgan fingerprint density at radius 2 is 1.78 bits per heavy atom. The van der Waals surface area contributed by atoms with Gasteiger partial charge in [0.05, 0.1) is 5.69 Å². The Balaban J connectivity index is 1.37. The number of nitrogens with zero attached hydrogens (tertiary/aromatic N) is 6. The fraction of sp³-hybridized carbons (Fsp3) is 0.455. The van der Waals surface area contributed by atoms with Gasteiger partial charge in [0.25, 0.3) is 11.5 Å². The number of amides is 1. The lowest BCUT2D eigenvalue weighted by molar-refractivity contribution is 0.0737. The Bertz CT molecular complexity index is 1190. The first-order valence-electron chi connectivity index (χ1n) is 10.9. The summed E-state index contributed by atoms with van der Waals surface area (Å²) in [4.78, 5) is 35.8. The number of benzene rings is 1. The highest BCUT2D eigenvalue weighted by atomic mass is 32.1. The van der Waals surface area contributed by atoms with Crippen LogP contribution in [0.25, 0.3) is 4.96 Å². The fourth-order valence-corrected chi connectivity index (χ4v) is 5.26. The minimum absolute atomic E-state index is 0.229. The van der Waals surface area contributed by atoms with Crippen molar-refractivity contribution in [3.8, 4) is 0 Å². The van der Waals surface area contributed by atoms with E-state index >= 15 is 0 Å². The summed E-state index contributed by atoms with van der Waals surface area (Å²) in [6.45, 7) is 5.98. The number of halogens is 1. The van der Waals surface area contributed by atoms with Crippen molar-refractivity contribution in [1.29, 1.82) is 0 Å². The molecule has 168 valence electrons. The maximum Gasteiger partial charge on any atom is 0.274 e. The van der Waals surface area contributed by atoms with Crippen molar-refractivity contribution in [3.05, 3.63) is 52.2 Å². The zero-order valence-electron chi connectivity index (χ0n) is 17.9. The van der Waals surface area contributed by atoms with Crippen LogP contribution in [-0.4, -0.2) is 64.7 Å². The van der Waals surface area contributed by atoms with E-state index in [2.05, 4.69) is 21.9 Å². The molecule has 0 aliphatic carbocycles. The van der Waals surface area contributed by atoms with Gasteiger partial charge in [0.1, 0.15) is 11.5 Å². The van der Waals surface area contributed by atoms with E-state index in [0.717, 1.165) is 31.1 Å². The molecule has 0 atom stereocenters. The van der Waals surface area contributed by atoms with Gasteiger partial charge < -0.3 is 14.7 Å². The average Bonchev–Trinajstić information content (AvgIpc) is 3.23. The zero-order chi connectivity index (χ0) is 22.2. The number of rotatable bonds is 3. The van der Waals surface area contributed by atoms with Crippen molar-refractivity contribution in [2.24, 2.45) is 5.92 Å². The molecule has 3 aromatic rings. The average molecular weight is 457 g/mol. The summed E-state index contributed by atoms with van der Waals surface area (Å²) in [5.74, 6) is 0.174. The first-order valence-corrected chi connectivity index (χ1v) is 11.8. The Morgan fingerprint density at radius 1 is 1.06 bits per heavy atom. The van der Waals surface area contributed by atoms with Crippen LogP contribution >= 0.6 is 11.3 Å². The quantitative estimate of drug-likeness (QED) is 0.603. The summed E-state index contributed by atoms with van der Waals surface area (Å²) in [5.41, 5.74) is 0.329. The zero-order valence-corrected chi connectivity index (χ0v) is 18.7. The van der Waals surface area contributed by atoms with Gasteiger partial charge in [-0.1, -0.05) is 30.4 Å². The van der Waals surface area contributed by atoms with Gasteiger partial charge in [-0.25, -0.2) is 4.39 Å². The van der Waals surface area contributed by atoms with Crippen molar-refractivity contribution in [2.45, 2.75) is 19.8 Å². The molecule has 2 fully saturated rings. The van der Waals surface area contributed by atoms with Crippen LogP contribution in [0.5, 0.6) is 0 Å². The summed E-state index contributed by atoms with van der Waals surface area (Å²) < 4.78 is 15.6. The van der Waals surface area contributed by atoms with Gasteiger partial charge in [0, 0.05) is 45.3 Å². The number of carbonyl (C=O) groups excluding carboxylic acids is 1. The van der Waals surface area contributed by atoms with E-state index in [1.165, 1.54) is 28.0 Å². The number of anilines is 2. The molecule has 2 saturated heterocycles. The molecule has 2 aromatic heterocycles. The summed E-state index contributed by atoms with van der Waals surface area (Å²) in [5, 5.41) is 5.43. The molecule has 0 bridgehead atoms. The van der Waals surface area contributed by atoms with Crippen molar-refractivity contribution in [2.75, 3.05) is 49.1 Å². The van der Waals surface area contributed by atoms with E-state index in [9.17, 15) is 14.0 Å². The Morgan fingerprint density at radius 3 is 2.50 bits per heavy atom. The second-order valence-corrected chi connectivity index (χ2v) is 9.39. The molecule has 10 heteroatoms. The topological polar surface area (TPSA) is 74.1 Å². The molecule has 8 nitrogen and oxygen atoms in total. The molecule has 0 N–H and O–H groups in total. The van der Waals surface area contributed by atoms with Crippen LogP contribution < -0.4 is 15.4 Å². The second-order valence-electron chi connectivity index (χ2n) is 8.46. The summed E-state index contributed by atoms with van der Waals surface area (Å²) in [6.07, 6.45) is 2.19. The third-order valence-electron chi connectivity index (χ3n) is 6.28. The number of hydrogen-bond acceptors (Lipinski definition) is 7. The molecule has 5 rings (SSSR count). The van der Waals surface area contributed by atoms with Crippen LogP contribution in [-0.2, 0) is 0 Å². The Kier molecular flexibility index (Phi) is 5.54. The molecule has 0 saturated carbocycles. The van der Waals surface area contributed by atoms with Gasteiger partial charge in [-0.3, -0.25) is 9.59 Å². The largest absolute Gasteiger partial charge is 0.366 e. The van der Waals surface area contributed by atoms with Crippen LogP contribution in [0.1, 0.15) is 30.3 Å². The second kappa shape index (κ2) is 8.50. The monoisotopic (exact) mass is 456 g/mol. The number of piperidine rings is 1. The molecule has 0 unspecified atom stereocenters. The molecule has 0 spiro atoms. The summed E-state index contributed by atoms with van der Waals surface area (Å²) >= 11 is 1.34. The van der Waals surface area contributed by atoms with Gasteiger partial charge in [0.2, 0.25) is 10.1 Å². The van der Waals surface area contributed by atoms with Crippen LogP contribution in [0.4, 0.5) is 15.2 Å². The predicted octanol–water partition coefficient (Wildman–Crippen LogP) is 2.49. The molecule has 2 aliphatic heterocycles. The first-order chi connectivity index (χ1) is 15.5. The van der Waals surface area contributed by atoms with E-state index in [1.54, 1.807) is 23.1 Å². The van der Waals surface area contributed by atoms with E-state index in [0.29, 0.717) is 42.7 Å². The van der Waals surface area contributed by atoms with Gasteiger partial charge >= 0.3 is 0 Å². The normalized spacial score (nSPS) is 17.9. The lowest BCUT2D eigenvalue weighted by Gasteiger charge is -2.36. The Hall–Kier alpha value is -3.01. The molecular formula is C22H25FN6O2S. The van der Waals surface area contributed by atoms with Crippen molar-refractivity contribution < 1.29 is 9.18 Å². The molecule has 2 aliphatic rings. The SMILES string of the molecule is CC1CCN(c2nn3c(C(=O)N4CCN(c5ccccc5F)CC4)cc(=O)nc3s2)CC1. The van der Waals surface area contributed by atoms with Gasteiger partial charge in [-0.05, 0) is 30.9 Å². The maximum atomic E-state index is 14.1. The first kappa shape index (κ1) is 20.9. The van der Waals surface area contributed by atoms with Gasteiger partial charge in [0.15, 0.2) is 0 Å². The highest BCUT2D eigenvalue weighted by molar-refractivity contribution is 7.20. The van der Waals surface area contributed by atoms with Crippen LogP contribution in [0.15, 0.2) is 35.1 Å². The minimum atomic E-state index is -0.444. The number of fused-ring (bicyclic) bond motifs is 1. The van der Waals surface area contributed by atoms with Crippen LogP contribution in [0.2, 0.25) is 0 Å². The molecule has 1 aromatic carbocycles. The molecular weight excluding hydrogens is 431 g/mol. The van der Waals surface area contributed by atoms with Crippen molar-refractivity contribution >= 4 is 33.0 Å². The summed E-state index contributed by atoms with van der Waals surface area (Å²) in [7, 11) is 0. The molecule has 0 radical (unpaired) electrons. The molecule has 4 heterocycles. The van der Waals surface area contributed by atoms with Crippen LogP contribution in [0.3, 0.4) is 0 Å². The maximum absolute atomic E-state index is 14.1. The number of para-hydroxylation sites is 1. The Labute approximate surface area is 188 Å². The fourth-order valence-electron chi connectivity index (χ4n) is 4.31. The number of carbonyl (C=O) groups is 1. The van der Waals surface area contributed by atoms with E-state index in [4.69, 9.17) is 0 Å². The molecule has 1 amide bonds. The van der Waals surface area contributed by atoms with E-state index in [-0.39, 0.29) is 17.4 Å². The number of aromatic nitrogens is 3.